The number of benzene rings is 3. The Morgan fingerprint density at radius 2 is 1.68 bits per heavy atom. The normalized spacial score (nSPS) is 11.2. The van der Waals surface area contributed by atoms with Crippen molar-refractivity contribution >= 4 is 22.4 Å². The van der Waals surface area contributed by atoms with Crippen LogP contribution in [-0.4, -0.2) is 19.3 Å². The molecule has 0 aliphatic heterocycles. The number of phenolic OH excluding ortho intramolecular Hbond substituents is 1. The number of hydrogen-bond donors (Lipinski definition) is 1. The number of rotatable bonds is 4. The van der Waals surface area contributed by atoms with Crippen molar-refractivity contribution in [2.24, 2.45) is 0 Å². The molecule has 3 aromatic carbocycles. The van der Waals surface area contributed by atoms with Gasteiger partial charge in [0, 0.05) is 16.3 Å². The fourth-order valence-electron chi connectivity index (χ4n) is 2.82. The van der Waals surface area contributed by atoms with Crippen LogP contribution in [0.15, 0.2) is 54.6 Å². The van der Waals surface area contributed by atoms with Crippen LogP contribution in [0, 0.1) is 11.3 Å². The summed E-state index contributed by atoms with van der Waals surface area (Å²) in [6, 6.07) is 18.4. The lowest BCUT2D eigenvalue weighted by atomic mass is 9.99. The molecule has 4 nitrogen and oxygen atoms in total. The Hall–Kier alpha value is -3.45. The molecule has 0 unspecified atom stereocenters. The molecular formula is C21H17NO3. The third kappa shape index (κ3) is 3.13. The second-order valence-corrected chi connectivity index (χ2v) is 5.46. The number of methoxy groups -OCH3 is 2. The van der Waals surface area contributed by atoms with Gasteiger partial charge in [0.1, 0.15) is 17.2 Å². The first-order valence-corrected chi connectivity index (χ1v) is 7.73. The van der Waals surface area contributed by atoms with Gasteiger partial charge in [-0.3, -0.25) is 0 Å². The minimum atomic E-state index is 0.158. The predicted molar refractivity (Wildman–Crippen MR) is 98.6 cm³/mol. The van der Waals surface area contributed by atoms with Gasteiger partial charge in [-0.05, 0) is 42.0 Å². The molecule has 0 spiro atoms. The van der Waals surface area contributed by atoms with E-state index in [0.29, 0.717) is 17.1 Å². The zero-order chi connectivity index (χ0) is 17.8. The monoisotopic (exact) mass is 331 g/mol. The molecule has 0 saturated carbocycles. The Labute approximate surface area is 146 Å². The average molecular weight is 331 g/mol. The van der Waals surface area contributed by atoms with E-state index < -0.39 is 0 Å². The van der Waals surface area contributed by atoms with Gasteiger partial charge in [0.2, 0.25) is 0 Å². The molecule has 0 fully saturated rings. The van der Waals surface area contributed by atoms with Gasteiger partial charge in [0.05, 0.1) is 25.9 Å². The van der Waals surface area contributed by atoms with E-state index in [1.165, 1.54) is 0 Å². The SMILES string of the molecule is COc1cc(/C=C(\C#N)c2ccc(O)cc2)c(OC)c2ccccc12. The smallest absolute Gasteiger partial charge is 0.134 e. The van der Waals surface area contributed by atoms with Crippen LogP contribution in [0.4, 0.5) is 0 Å². The first kappa shape index (κ1) is 16.4. The number of ether oxygens (including phenoxy) is 2. The summed E-state index contributed by atoms with van der Waals surface area (Å²) < 4.78 is 11.1. The van der Waals surface area contributed by atoms with Crippen LogP contribution < -0.4 is 9.47 Å². The van der Waals surface area contributed by atoms with Gasteiger partial charge in [-0.1, -0.05) is 24.3 Å². The Morgan fingerprint density at radius 3 is 2.28 bits per heavy atom. The van der Waals surface area contributed by atoms with E-state index in [9.17, 15) is 10.4 Å². The summed E-state index contributed by atoms with van der Waals surface area (Å²) in [4.78, 5) is 0. The number of nitriles is 1. The third-order valence-electron chi connectivity index (χ3n) is 4.01. The van der Waals surface area contributed by atoms with Gasteiger partial charge >= 0.3 is 0 Å². The molecule has 0 heterocycles. The number of aromatic hydroxyl groups is 1. The summed E-state index contributed by atoms with van der Waals surface area (Å²) in [5.41, 5.74) is 1.94. The van der Waals surface area contributed by atoms with Crippen LogP contribution in [-0.2, 0) is 0 Å². The van der Waals surface area contributed by atoms with Crippen LogP contribution in [0.2, 0.25) is 0 Å². The minimum absolute atomic E-state index is 0.158. The van der Waals surface area contributed by atoms with Crippen molar-refractivity contribution < 1.29 is 14.6 Å². The molecule has 124 valence electrons. The lowest BCUT2D eigenvalue weighted by molar-refractivity contribution is 0.410. The number of hydrogen-bond acceptors (Lipinski definition) is 4. The van der Waals surface area contributed by atoms with Gasteiger partial charge in [-0.2, -0.15) is 5.26 Å². The molecule has 1 N–H and O–H groups in total. The van der Waals surface area contributed by atoms with Crippen LogP contribution in [0.5, 0.6) is 17.2 Å². The summed E-state index contributed by atoms with van der Waals surface area (Å²) in [7, 11) is 3.23. The Bertz CT molecular complexity index is 982. The van der Waals surface area contributed by atoms with Crippen LogP contribution >= 0.6 is 0 Å². The molecule has 0 saturated heterocycles. The van der Waals surface area contributed by atoms with E-state index in [1.54, 1.807) is 44.6 Å². The number of nitrogens with zero attached hydrogens (tertiary/aromatic N) is 1. The van der Waals surface area contributed by atoms with E-state index in [1.807, 2.05) is 30.3 Å². The molecule has 0 aliphatic carbocycles. The molecule has 0 bridgehead atoms. The first-order chi connectivity index (χ1) is 12.2. The Balaban J connectivity index is 2.23. The molecule has 0 amide bonds. The predicted octanol–water partition coefficient (Wildman–Crippen LogP) is 4.63. The third-order valence-corrected chi connectivity index (χ3v) is 4.01. The lowest BCUT2D eigenvalue weighted by Gasteiger charge is -2.13. The van der Waals surface area contributed by atoms with Gasteiger partial charge < -0.3 is 14.6 Å². The summed E-state index contributed by atoms with van der Waals surface area (Å²) in [6.07, 6.45) is 1.76. The maximum atomic E-state index is 9.56. The van der Waals surface area contributed by atoms with E-state index >= 15 is 0 Å². The highest BCUT2D eigenvalue weighted by Gasteiger charge is 2.13. The summed E-state index contributed by atoms with van der Waals surface area (Å²) in [6.45, 7) is 0. The Morgan fingerprint density at radius 1 is 1.00 bits per heavy atom. The van der Waals surface area contributed by atoms with Crippen molar-refractivity contribution in [2.75, 3.05) is 14.2 Å². The highest BCUT2D eigenvalue weighted by molar-refractivity contribution is 6.00. The average Bonchev–Trinajstić information content (AvgIpc) is 2.66. The molecule has 25 heavy (non-hydrogen) atoms. The largest absolute Gasteiger partial charge is 0.508 e. The van der Waals surface area contributed by atoms with Crippen molar-refractivity contribution in [2.45, 2.75) is 0 Å². The molecule has 0 atom stereocenters. The van der Waals surface area contributed by atoms with E-state index in [0.717, 1.165) is 21.9 Å². The van der Waals surface area contributed by atoms with Crippen molar-refractivity contribution in [1.29, 1.82) is 5.26 Å². The van der Waals surface area contributed by atoms with Crippen molar-refractivity contribution in [3.05, 3.63) is 65.7 Å². The maximum Gasteiger partial charge on any atom is 0.134 e. The second kappa shape index (κ2) is 6.98. The molecule has 0 aliphatic rings. The second-order valence-electron chi connectivity index (χ2n) is 5.46. The molecule has 3 rings (SSSR count). The standard InChI is InChI=1S/C21H17NO3/c1-24-20-12-15(21(25-2)19-6-4-3-5-18(19)20)11-16(13-22)14-7-9-17(23)10-8-14/h3-12,23H,1-2H3/b16-11+. The summed E-state index contributed by atoms with van der Waals surface area (Å²) in [5.74, 6) is 1.56. The quantitative estimate of drug-likeness (QED) is 0.559. The van der Waals surface area contributed by atoms with E-state index in [-0.39, 0.29) is 5.75 Å². The molecule has 0 radical (unpaired) electrons. The van der Waals surface area contributed by atoms with Gasteiger partial charge in [-0.15, -0.1) is 0 Å². The lowest BCUT2D eigenvalue weighted by Crippen LogP contribution is -1.93. The summed E-state index contributed by atoms with van der Waals surface area (Å²) in [5, 5.41) is 20.9. The van der Waals surface area contributed by atoms with Gasteiger partial charge in [0.15, 0.2) is 0 Å². The van der Waals surface area contributed by atoms with E-state index in [4.69, 9.17) is 9.47 Å². The fraction of sp³-hybridized carbons (Fsp3) is 0.0952. The van der Waals surface area contributed by atoms with Crippen molar-refractivity contribution in [1.82, 2.24) is 0 Å². The number of allylic oxidation sites excluding steroid dienone is 1. The van der Waals surface area contributed by atoms with Crippen LogP contribution in [0.1, 0.15) is 11.1 Å². The topological polar surface area (TPSA) is 62.5 Å². The molecular weight excluding hydrogens is 314 g/mol. The maximum absolute atomic E-state index is 9.56. The highest BCUT2D eigenvalue weighted by Crippen LogP contribution is 2.38. The fourth-order valence-corrected chi connectivity index (χ4v) is 2.82. The van der Waals surface area contributed by atoms with Gasteiger partial charge in [-0.25, -0.2) is 0 Å². The van der Waals surface area contributed by atoms with E-state index in [2.05, 4.69) is 6.07 Å². The first-order valence-electron chi connectivity index (χ1n) is 7.73. The highest BCUT2D eigenvalue weighted by atomic mass is 16.5. The zero-order valence-corrected chi connectivity index (χ0v) is 14.0. The van der Waals surface area contributed by atoms with Crippen molar-refractivity contribution in [3.8, 4) is 23.3 Å². The van der Waals surface area contributed by atoms with Crippen LogP contribution in [0.3, 0.4) is 0 Å². The molecule has 4 heteroatoms. The Kier molecular flexibility index (Phi) is 4.58. The minimum Gasteiger partial charge on any atom is -0.508 e. The molecule has 3 aromatic rings. The van der Waals surface area contributed by atoms with Crippen molar-refractivity contribution in [3.63, 3.8) is 0 Å². The zero-order valence-electron chi connectivity index (χ0n) is 14.0. The number of fused-ring (bicyclic) bond motifs is 1. The van der Waals surface area contributed by atoms with Crippen LogP contribution in [0.25, 0.3) is 22.4 Å². The summed E-state index contributed by atoms with van der Waals surface area (Å²) >= 11 is 0. The van der Waals surface area contributed by atoms with Gasteiger partial charge in [0.25, 0.3) is 0 Å². The molecule has 0 aromatic heterocycles. The number of phenols is 1.